The number of halogens is 1. The van der Waals surface area contributed by atoms with Crippen molar-refractivity contribution in [2.24, 2.45) is 11.8 Å². The van der Waals surface area contributed by atoms with Crippen molar-refractivity contribution in [3.63, 3.8) is 0 Å². The van der Waals surface area contributed by atoms with Gasteiger partial charge < -0.3 is 0 Å². The van der Waals surface area contributed by atoms with Crippen molar-refractivity contribution < 1.29 is 0 Å². The minimum Gasteiger partial charge on any atom is -0.197 e. The first-order valence-electron chi connectivity index (χ1n) is 5.75. The predicted molar refractivity (Wildman–Crippen MR) is 69.0 cm³/mol. The van der Waals surface area contributed by atoms with Gasteiger partial charge in [0.15, 0.2) is 0 Å². The van der Waals surface area contributed by atoms with Crippen molar-refractivity contribution >= 4 is 15.9 Å². The van der Waals surface area contributed by atoms with E-state index in [2.05, 4.69) is 48.0 Å². The Labute approximate surface area is 106 Å². The molecule has 0 bridgehead atoms. The third kappa shape index (κ3) is 1.89. The average Bonchev–Trinajstić information content (AvgIpc) is 2.16. The van der Waals surface area contributed by atoms with Crippen molar-refractivity contribution in [1.29, 1.82) is 5.26 Å². The van der Waals surface area contributed by atoms with Crippen LogP contribution < -0.4 is 0 Å². The van der Waals surface area contributed by atoms with Crippen LogP contribution in [0.2, 0.25) is 0 Å². The highest BCUT2D eigenvalue weighted by Gasteiger charge is 2.46. The Kier molecular flexibility index (Phi) is 3.08. The fourth-order valence-electron chi connectivity index (χ4n) is 2.48. The van der Waals surface area contributed by atoms with E-state index in [0.29, 0.717) is 11.8 Å². The zero-order valence-electron chi connectivity index (χ0n) is 9.70. The summed E-state index contributed by atoms with van der Waals surface area (Å²) in [6, 6.07) is 10.7. The highest BCUT2D eigenvalue weighted by Crippen LogP contribution is 2.50. The largest absolute Gasteiger partial charge is 0.197 e. The molecule has 0 unspecified atom stereocenters. The number of hydrogen-bond acceptors (Lipinski definition) is 1. The van der Waals surface area contributed by atoms with Gasteiger partial charge in [-0.1, -0.05) is 41.9 Å². The zero-order chi connectivity index (χ0) is 11.8. The van der Waals surface area contributed by atoms with Crippen LogP contribution in [-0.4, -0.2) is 0 Å². The summed E-state index contributed by atoms with van der Waals surface area (Å²) in [6.45, 7) is 4.49. The van der Waals surface area contributed by atoms with Gasteiger partial charge in [0.25, 0.3) is 0 Å². The summed E-state index contributed by atoms with van der Waals surface area (Å²) in [7, 11) is 0. The molecule has 0 aromatic heterocycles. The van der Waals surface area contributed by atoms with E-state index in [1.54, 1.807) is 0 Å². The lowest BCUT2D eigenvalue weighted by Gasteiger charge is -2.45. The molecular formula is C14H16BrN. The van der Waals surface area contributed by atoms with Crippen molar-refractivity contribution in [3.05, 3.63) is 34.3 Å². The molecule has 0 saturated heterocycles. The molecule has 0 amide bonds. The summed E-state index contributed by atoms with van der Waals surface area (Å²) < 4.78 is 1.06. The lowest BCUT2D eigenvalue weighted by atomic mass is 9.57. The minimum atomic E-state index is -0.223. The monoisotopic (exact) mass is 277 g/mol. The van der Waals surface area contributed by atoms with E-state index in [1.807, 2.05) is 12.1 Å². The van der Waals surface area contributed by atoms with Crippen LogP contribution in [0.3, 0.4) is 0 Å². The summed E-state index contributed by atoms with van der Waals surface area (Å²) in [5, 5.41) is 9.42. The Morgan fingerprint density at radius 2 is 2.12 bits per heavy atom. The molecule has 1 aromatic carbocycles. The Morgan fingerprint density at radius 3 is 2.62 bits per heavy atom. The summed E-state index contributed by atoms with van der Waals surface area (Å²) >= 11 is 3.47. The van der Waals surface area contributed by atoms with Gasteiger partial charge in [0.1, 0.15) is 0 Å². The molecule has 1 aliphatic rings. The van der Waals surface area contributed by atoms with Gasteiger partial charge in [-0.25, -0.2) is 0 Å². The molecule has 0 N–H and O–H groups in total. The molecule has 0 radical (unpaired) electrons. The highest BCUT2D eigenvalue weighted by atomic mass is 79.9. The van der Waals surface area contributed by atoms with E-state index in [-0.39, 0.29) is 5.41 Å². The van der Waals surface area contributed by atoms with Gasteiger partial charge in [0.05, 0.1) is 11.5 Å². The van der Waals surface area contributed by atoms with Crippen LogP contribution in [0.1, 0.15) is 32.3 Å². The number of rotatable bonds is 2. The first-order chi connectivity index (χ1) is 7.57. The second-order valence-electron chi connectivity index (χ2n) is 5.12. The molecule has 0 atom stereocenters. The lowest BCUT2D eigenvalue weighted by molar-refractivity contribution is 0.145. The predicted octanol–water partition coefficient (Wildman–Crippen LogP) is 4.28. The van der Waals surface area contributed by atoms with E-state index in [1.165, 1.54) is 5.56 Å². The van der Waals surface area contributed by atoms with Crippen molar-refractivity contribution in [3.8, 4) is 6.07 Å². The van der Waals surface area contributed by atoms with Gasteiger partial charge in [-0.3, -0.25) is 0 Å². The lowest BCUT2D eigenvalue weighted by Crippen LogP contribution is -2.42. The number of nitrogens with zero attached hydrogens (tertiary/aromatic N) is 1. The van der Waals surface area contributed by atoms with Crippen LogP contribution in [-0.2, 0) is 5.41 Å². The Hall–Kier alpha value is -0.810. The third-order valence-electron chi connectivity index (χ3n) is 3.76. The molecule has 1 fully saturated rings. The summed E-state index contributed by atoms with van der Waals surface area (Å²) in [5.41, 5.74) is 0.944. The highest BCUT2D eigenvalue weighted by molar-refractivity contribution is 9.10. The second-order valence-corrected chi connectivity index (χ2v) is 6.03. The molecule has 0 aliphatic heterocycles. The molecule has 1 saturated carbocycles. The summed E-state index contributed by atoms with van der Waals surface area (Å²) in [4.78, 5) is 0. The fraction of sp³-hybridized carbons (Fsp3) is 0.500. The van der Waals surface area contributed by atoms with Crippen molar-refractivity contribution in [2.75, 3.05) is 0 Å². The molecule has 1 aromatic rings. The van der Waals surface area contributed by atoms with Crippen LogP contribution in [0.4, 0.5) is 0 Å². The fourth-order valence-corrected chi connectivity index (χ4v) is 2.88. The van der Waals surface area contributed by atoms with Gasteiger partial charge in [-0.15, -0.1) is 0 Å². The quantitative estimate of drug-likeness (QED) is 0.792. The average molecular weight is 278 g/mol. The first-order valence-corrected chi connectivity index (χ1v) is 6.54. The van der Waals surface area contributed by atoms with E-state index in [0.717, 1.165) is 17.3 Å². The maximum absolute atomic E-state index is 9.42. The van der Waals surface area contributed by atoms with Crippen LogP contribution in [0.25, 0.3) is 0 Å². The second kappa shape index (κ2) is 4.22. The standard InChI is InChI=1S/C14H16BrN/c1-10(2)11-7-14(8-11,9-16)12-4-3-5-13(15)6-12/h3-6,10-11H,7-8H2,1-2H3. The van der Waals surface area contributed by atoms with E-state index in [9.17, 15) is 5.26 Å². The van der Waals surface area contributed by atoms with E-state index in [4.69, 9.17) is 0 Å². The zero-order valence-corrected chi connectivity index (χ0v) is 11.3. The van der Waals surface area contributed by atoms with Gasteiger partial charge in [-0.05, 0) is 42.4 Å². The number of hydrogen-bond donors (Lipinski definition) is 0. The first kappa shape index (κ1) is 11.7. The number of benzene rings is 1. The normalized spacial score (nSPS) is 28.6. The molecule has 16 heavy (non-hydrogen) atoms. The Bertz CT molecular complexity index is 425. The van der Waals surface area contributed by atoms with Gasteiger partial charge in [0.2, 0.25) is 0 Å². The number of nitriles is 1. The van der Waals surface area contributed by atoms with Crippen molar-refractivity contribution in [1.82, 2.24) is 0 Å². The van der Waals surface area contributed by atoms with Gasteiger partial charge >= 0.3 is 0 Å². The Morgan fingerprint density at radius 1 is 1.44 bits per heavy atom. The molecule has 1 nitrogen and oxygen atoms in total. The van der Waals surface area contributed by atoms with Crippen LogP contribution >= 0.6 is 15.9 Å². The smallest absolute Gasteiger partial charge is 0.0828 e. The molecule has 0 spiro atoms. The maximum Gasteiger partial charge on any atom is 0.0828 e. The van der Waals surface area contributed by atoms with Crippen molar-refractivity contribution in [2.45, 2.75) is 32.1 Å². The maximum atomic E-state index is 9.42. The third-order valence-corrected chi connectivity index (χ3v) is 4.25. The molecule has 0 heterocycles. The summed E-state index contributed by atoms with van der Waals surface area (Å²) in [5.74, 6) is 1.40. The summed E-state index contributed by atoms with van der Waals surface area (Å²) in [6.07, 6.45) is 2.02. The van der Waals surface area contributed by atoms with Crippen LogP contribution in [0, 0.1) is 23.2 Å². The molecule has 2 heteroatoms. The van der Waals surface area contributed by atoms with E-state index >= 15 is 0 Å². The topological polar surface area (TPSA) is 23.8 Å². The molecule has 84 valence electrons. The van der Waals surface area contributed by atoms with Crippen LogP contribution in [0.5, 0.6) is 0 Å². The van der Waals surface area contributed by atoms with Gasteiger partial charge in [0, 0.05) is 4.47 Å². The Balaban J connectivity index is 2.23. The molecule has 1 aliphatic carbocycles. The minimum absolute atomic E-state index is 0.223. The van der Waals surface area contributed by atoms with Crippen LogP contribution in [0.15, 0.2) is 28.7 Å². The van der Waals surface area contributed by atoms with E-state index < -0.39 is 0 Å². The van der Waals surface area contributed by atoms with Gasteiger partial charge in [-0.2, -0.15) is 5.26 Å². The molecular weight excluding hydrogens is 262 g/mol. The molecule has 2 rings (SSSR count). The SMILES string of the molecule is CC(C)C1CC(C#N)(c2cccc(Br)c2)C1.